The maximum absolute atomic E-state index is 11.8. The molecule has 138 valence electrons. The van der Waals surface area contributed by atoms with Crippen LogP contribution < -0.4 is 10.6 Å². The molecule has 0 radical (unpaired) electrons. The van der Waals surface area contributed by atoms with Crippen molar-refractivity contribution >= 4 is 23.6 Å². The molecule has 6 nitrogen and oxygen atoms in total. The Bertz CT molecular complexity index is 545. The Morgan fingerprint density at radius 3 is 2.80 bits per heavy atom. The van der Waals surface area contributed by atoms with E-state index in [-0.39, 0.29) is 18.6 Å². The molecule has 0 bridgehead atoms. The zero-order valence-electron chi connectivity index (χ0n) is 15.0. The highest BCUT2D eigenvalue weighted by molar-refractivity contribution is 7.99. The number of amides is 1. The summed E-state index contributed by atoms with van der Waals surface area (Å²) in [6, 6.07) is 10.3. The third-order valence-corrected chi connectivity index (χ3v) is 4.81. The molecule has 1 aliphatic rings. The number of rotatable bonds is 8. The maximum Gasteiger partial charge on any atom is 0.243 e. The lowest BCUT2D eigenvalue weighted by Gasteiger charge is -2.16. The van der Waals surface area contributed by atoms with Gasteiger partial charge in [0.2, 0.25) is 5.91 Å². The number of guanidine groups is 1. The summed E-state index contributed by atoms with van der Waals surface area (Å²) in [6.45, 7) is 2.46. The van der Waals surface area contributed by atoms with Crippen LogP contribution in [0.2, 0.25) is 0 Å². The Labute approximate surface area is 154 Å². The molecule has 2 N–H and O–H groups in total. The van der Waals surface area contributed by atoms with Crippen LogP contribution in [0.4, 0.5) is 0 Å². The second kappa shape index (κ2) is 11.0. The van der Waals surface area contributed by atoms with Crippen molar-refractivity contribution in [2.45, 2.75) is 23.8 Å². The van der Waals surface area contributed by atoms with Gasteiger partial charge < -0.3 is 20.3 Å². The molecular weight excluding hydrogens is 336 g/mol. The number of nitrogens with one attached hydrogen (secondary N) is 2. The Balaban J connectivity index is 1.77. The summed E-state index contributed by atoms with van der Waals surface area (Å²) >= 11 is 1.79. The van der Waals surface area contributed by atoms with Crippen LogP contribution in [-0.4, -0.2) is 69.0 Å². The monoisotopic (exact) mass is 364 g/mol. The molecule has 1 aromatic carbocycles. The maximum atomic E-state index is 11.8. The number of nitrogens with zero attached hydrogens (tertiary/aromatic N) is 2. The third-order valence-electron chi connectivity index (χ3n) is 3.80. The van der Waals surface area contributed by atoms with Crippen LogP contribution in [0.25, 0.3) is 0 Å². The number of benzene rings is 1. The minimum atomic E-state index is -0.0168. The van der Waals surface area contributed by atoms with E-state index in [0.29, 0.717) is 12.5 Å². The van der Waals surface area contributed by atoms with Gasteiger partial charge in [0.15, 0.2) is 5.96 Å². The normalized spacial score (nSPS) is 17.4. The molecule has 7 heteroatoms. The average molecular weight is 365 g/mol. The molecule has 1 aromatic rings. The molecule has 1 aliphatic heterocycles. The molecule has 0 aromatic heterocycles. The van der Waals surface area contributed by atoms with Crippen LogP contribution >= 0.6 is 11.8 Å². The Morgan fingerprint density at radius 1 is 1.32 bits per heavy atom. The molecule has 0 aliphatic carbocycles. The van der Waals surface area contributed by atoms with Gasteiger partial charge in [0, 0.05) is 44.4 Å². The van der Waals surface area contributed by atoms with E-state index in [0.717, 1.165) is 31.7 Å². The molecule has 1 atom stereocenters. The number of hydrogen-bond donors (Lipinski definition) is 2. The Kier molecular flexibility index (Phi) is 8.62. The molecule has 25 heavy (non-hydrogen) atoms. The summed E-state index contributed by atoms with van der Waals surface area (Å²) in [4.78, 5) is 18.9. The fourth-order valence-corrected chi connectivity index (χ4v) is 3.12. The van der Waals surface area contributed by atoms with Crippen molar-refractivity contribution in [2.24, 2.45) is 4.99 Å². The van der Waals surface area contributed by atoms with Crippen LogP contribution in [0.5, 0.6) is 0 Å². The molecule has 0 saturated carbocycles. The highest BCUT2D eigenvalue weighted by Crippen LogP contribution is 2.15. The predicted molar refractivity (Wildman–Crippen MR) is 103 cm³/mol. The van der Waals surface area contributed by atoms with Gasteiger partial charge in [0.05, 0.1) is 6.10 Å². The van der Waals surface area contributed by atoms with Gasteiger partial charge in [-0.2, -0.15) is 0 Å². The smallest absolute Gasteiger partial charge is 0.243 e. The van der Waals surface area contributed by atoms with E-state index in [1.807, 2.05) is 18.2 Å². The second-order valence-electron chi connectivity index (χ2n) is 6.06. The minimum absolute atomic E-state index is 0.0168. The zero-order chi connectivity index (χ0) is 17.9. The van der Waals surface area contributed by atoms with E-state index < -0.39 is 0 Å². The number of aliphatic imine (C=N–C) groups is 1. The molecule has 1 unspecified atom stereocenters. The highest BCUT2D eigenvalue weighted by atomic mass is 32.2. The van der Waals surface area contributed by atoms with Gasteiger partial charge in [0.1, 0.15) is 6.54 Å². The van der Waals surface area contributed by atoms with Gasteiger partial charge >= 0.3 is 0 Å². The lowest BCUT2D eigenvalue weighted by molar-refractivity contribution is -0.127. The fourth-order valence-electron chi connectivity index (χ4n) is 2.33. The van der Waals surface area contributed by atoms with Crippen molar-refractivity contribution in [1.29, 1.82) is 0 Å². The summed E-state index contributed by atoms with van der Waals surface area (Å²) in [7, 11) is 3.47. The van der Waals surface area contributed by atoms with E-state index in [2.05, 4.69) is 27.8 Å². The van der Waals surface area contributed by atoms with Crippen molar-refractivity contribution in [3.63, 3.8) is 0 Å². The van der Waals surface area contributed by atoms with Crippen LogP contribution in [0.1, 0.15) is 12.8 Å². The fraction of sp³-hybridized carbons (Fsp3) is 0.556. The molecule has 1 heterocycles. The van der Waals surface area contributed by atoms with Crippen molar-refractivity contribution in [3.8, 4) is 0 Å². The van der Waals surface area contributed by atoms with Gasteiger partial charge in [0.25, 0.3) is 0 Å². The van der Waals surface area contributed by atoms with Crippen LogP contribution in [0, 0.1) is 0 Å². The number of thioether (sulfide) groups is 1. The Morgan fingerprint density at radius 2 is 2.12 bits per heavy atom. The van der Waals surface area contributed by atoms with Gasteiger partial charge in [-0.3, -0.25) is 4.79 Å². The van der Waals surface area contributed by atoms with E-state index in [9.17, 15) is 4.79 Å². The van der Waals surface area contributed by atoms with Crippen molar-refractivity contribution in [3.05, 3.63) is 30.3 Å². The zero-order valence-corrected chi connectivity index (χ0v) is 15.8. The van der Waals surface area contributed by atoms with E-state index in [4.69, 9.17) is 4.74 Å². The van der Waals surface area contributed by atoms with Crippen molar-refractivity contribution in [1.82, 2.24) is 15.5 Å². The minimum Gasteiger partial charge on any atom is -0.376 e. The third kappa shape index (κ3) is 7.79. The van der Waals surface area contributed by atoms with Crippen molar-refractivity contribution in [2.75, 3.05) is 46.1 Å². The van der Waals surface area contributed by atoms with Gasteiger partial charge in [-0.25, -0.2) is 4.99 Å². The van der Waals surface area contributed by atoms with E-state index in [1.54, 1.807) is 30.8 Å². The number of carbonyl (C=O) groups is 1. The SMILES string of the molecule is CN(C)C(=O)CN=C(NCCSc1ccccc1)NCC1CCCO1. The quantitative estimate of drug-likeness (QED) is 0.317. The van der Waals surface area contributed by atoms with Crippen molar-refractivity contribution < 1.29 is 9.53 Å². The molecule has 0 spiro atoms. The average Bonchev–Trinajstić information content (AvgIpc) is 3.14. The van der Waals surface area contributed by atoms with Gasteiger partial charge in [-0.05, 0) is 25.0 Å². The summed E-state index contributed by atoms with van der Waals surface area (Å²) < 4.78 is 5.63. The highest BCUT2D eigenvalue weighted by Gasteiger charge is 2.15. The number of carbonyl (C=O) groups excluding carboxylic acids is 1. The van der Waals surface area contributed by atoms with Crippen LogP contribution in [0.3, 0.4) is 0 Å². The summed E-state index contributed by atoms with van der Waals surface area (Å²) in [5.74, 6) is 1.57. The number of likely N-dealkylation sites (N-methyl/N-ethyl adjacent to an activating group) is 1. The van der Waals surface area contributed by atoms with Crippen LogP contribution in [0.15, 0.2) is 40.2 Å². The topological polar surface area (TPSA) is 66.0 Å². The second-order valence-corrected chi connectivity index (χ2v) is 7.23. The largest absolute Gasteiger partial charge is 0.376 e. The number of ether oxygens (including phenoxy) is 1. The first kappa shape index (κ1) is 19.6. The van der Waals surface area contributed by atoms with Gasteiger partial charge in [-0.15, -0.1) is 11.8 Å². The summed E-state index contributed by atoms with van der Waals surface area (Å²) in [5, 5.41) is 6.59. The molecule has 1 saturated heterocycles. The lowest BCUT2D eigenvalue weighted by atomic mass is 10.2. The lowest BCUT2D eigenvalue weighted by Crippen LogP contribution is -2.42. The first-order valence-corrected chi connectivity index (χ1v) is 9.65. The summed E-state index contributed by atoms with van der Waals surface area (Å²) in [5.41, 5.74) is 0. The number of hydrogen-bond acceptors (Lipinski definition) is 4. The van der Waals surface area contributed by atoms with Crippen LogP contribution in [-0.2, 0) is 9.53 Å². The molecule has 1 amide bonds. The molecule has 1 fully saturated rings. The standard InChI is InChI=1S/C18H28N4O2S/c1-22(2)17(23)14-21-18(20-13-15-7-6-11-24-15)19-10-12-25-16-8-4-3-5-9-16/h3-5,8-9,15H,6-7,10-14H2,1-2H3,(H2,19,20,21). The first-order chi connectivity index (χ1) is 12.1. The Hall–Kier alpha value is -1.73. The molecular formula is C18H28N4O2S. The van der Waals surface area contributed by atoms with E-state index >= 15 is 0 Å². The van der Waals surface area contributed by atoms with E-state index in [1.165, 1.54) is 4.90 Å². The summed E-state index contributed by atoms with van der Waals surface area (Å²) in [6.07, 6.45) is 2.41. The van der Waals surface area contributed by atoms with Gasteiger partial charge in [-0.1, -0.05) is 18.2 Å². The molecule has 2 rings (SSSR count). The first-order valence-electron chi connectivity index (χ1n) is 8.67. The predicted octanol–water partition coefficient (Wildman–Crippen LogP) is 1.58.